The van der Waals surface area contributed by atoms with Crippen molar-refractivity contribution in [3.8, 4) is 0 Å². The van der Waals surface area contributed by atoms with E-state index in [1.54, 1.807) is 0 Å². The van der Waals surface area contributed by atoms with Gasteiger partial charge in [0.1, 0.15) is 0 Å². The van der Waals surface area contributed by atoms with Crippen molar-refractivity contribution < 1.29 is 33.7 Å². The molecule has 4 rings (SSSR count). The number of nitrogens with one attached hydrogen (secondary N) is 2. The zero-order valence-electron chi connectivity index (χ0n) is 19.8. The van der Waals surface area contributed by atoms with E-state index >= 15 is 0 Å². The van der Waals surface area contributed by atoms with Gasteiger partial charge in [-0.05, 0) is 0 Å². The Labute approximate surface area is 214 Å². The van der Waals surface area contributed by atoms with E-state index in [0.29, 0.717) is 0 Å². The van der Waals surface area contributed by atoms with Crippen molar-refractivity contribution >= 4 is 20.8 Å². The van der Waals surface area contributed by atoms with Gasteiger partial charge in [-0.25, -0.2) is 0 Å². The van der Waals surface area contributed by atoms with E-state index in [1.165, 1.54) is 26.2 Å². The molecule has 1 unspecified atom stereocenters. The number of aliphatic hydroxyl groups is 2. The number of hydrogen-bond donors (Lipinski definition) is 5. The summed E-state index contributed by atoms with van der Waals surface area (Å²) in [5, 5.41) is 20.1. The van der Waals surface area contributed by atoms with E-state index in [2.05, 4.69) is 9.97 Å². The zero-order valence-corrected chi connectivity index (χ0v) is 22.4. The molecular weight excluding hydrogens is 582 g/mol. The minimum atomic E-state index is -4.22. The normalized spacial score (nSPS) is 29.4. The molecule has 2 aliphatic heterocycles. The molecule has 0 aliphatic carbocycles. The summed E-state index contributed by atoms with van der Waals surface area (Å²) in [6.45, 7) is 2.49. The fourth-order valence-corrected chi connectivity index (χ4v) is 8.93. The van der Waals surface area contributed by atoms with Gasteiger partial charge >= 0.3 is 214 Å². The molecule has 2 aromatic heterocycles. The zero-order chi connectivity index (χ0) is 27.1. The van der Waals surface area contributed by atoms with Crippen molar-refractivity contribution in [1.29, 1.82) is 0 Å². The predicted molar refractivity (Wildman–Crippen MR) is 128 cm³/mol. The summed E-state index contributed by atoms with van der Waals surface area (Å²) in [7, 11) is 0. The first-order valence-corrected chi connectivity index (χ1v) is 16.3. The number of H-pyrrole nitrogens is 2. The number of aromatic amines is 2. The Hall–Kier alpha value is -2.13. The van der Waals surface area contributed by atoms with Crippen LogP contribution in [0.2, 0.25) is 5.32 Å². The number of rotatable bonds is 8. The van der Waals surface area contributed by atoms with E-state index in [9.17, 15) is 38.8 Å². The summed E-state index contributed by atoms with van der Waals surface area (Å²) < 4.78 is 32.0. The summed E-state index contributed by atoms with van der Waals surface area (Å²) in [6, 6.07) is 0. The summed E-state index contributed by atoms with van der Waals surface area (Å²) in [5.74, 6) is 0. The fourth-order valence-electron chi connectivity index (χ4n) is 4.15. The van der Waals surface area contributed by atoms with Crippen LogP contribution in [0.15, 0.2) is 31.6 Å². The molecule has 15 nitrogen and oxygen atoms in total. The molecule has 2 aromatic rings. The third-order valence-corrected chi connectivity index (χ3v) is 11.4. The molecule has 5 N–H and O–H groups in total. The molecule has 204 valence electrons. The maximum absolute atomic E-state index is 12.9. The first kappa shape index (κ1) is 27.9. The number of aryl methyl sites for hydroxylation is 2. The van der Waals surface area contributed by atoms with E-state index in [1.807, 2.05) is 0 Å². The molecule has 2 saturated heterocycles. The van der Waals surface area contributed by atoms with E-state index in [0.717, 1.165) is 9.13 Å². The molecule has 37 heavy (non-hydrogen) atoms. The van der Waals surface area contributed by atoms with Gasteiger partial charge in [0.15, 0.2) is 0 Å². The van der Waals surface area contributed by atoms with Gasteiger partial charge in [-0.1, -0.05) is 0 Å². The average molecular weight is 609 g/mol. The van der Waals surface area contributed by atoms with Crippen molar-refractivity contribution in [2.45, 2.75) is 68.9 Å². The predicted octanol–water partition coefficient (Wildman–Crippen LogP) is -1.76. The van der Waals surface area contributed by atoms with Crippen LogP contribution in [-0.2, 0) is 18.6 Å². The van der Waals surface area contributed by atoms with Gasteiger partial charge in [-0.2, -0.15) is 0 Å². The average Bonchev–Trinajstić information content (AvgIpc) is 3.39. The molecule has 4 heterocycles. The molecule has 0 bridgehead atoms. The molecule has 17 heteroatoms. The van der Waals surface area contributed by atoms with E-state index < -0.39 is 86.8 Å². The van der Waals surface area contributed by atoms with Crippen molar-refractivity contribution in [2.24, 2.45) is 0 Å². The van der Waals surface area contributed by atoms with Crippen LogP contribution in [-0.4, -0.2) is 79.7 Å². The third kappa shape index (κ3) is 6.14. The van der Waals surface area contributed by atoms with Gasteiger partial charge < -0.3 is 0 Å². The van der Waals surface area contributed by atoms with Crippen LogP contribution in [0.4, 0.5) is 0 Å². The SMILES string of the molecule is Cc1cn([C@H]2C[C@H](OP(=O)(O)[Se]C[C@H]3O[C@@H](n4cc(C)c(=O)[nH]c4=O)C[C@@H]3O)[C@@H](CO)O2)c(=O)[nH]c1=O. The Balaban J connectivity index is 1.39. The quantitative estimate of drug-likeness (QED) is 0.167. The summed E-state index contributed by atoms with van der Waals surface area (Å²) in [4.78, 5) is 62.3. The summed E-state index contributed by atoms with van der Waals surface area (Å²) in [6.07, 6.45) is -7.25. The number of ether oxygens (including phenoxy) is 2. The van der Waals surface area contributed by atoms with Crippen LogP contribution in [0.1, 0.15) is 36.4 Å². The maximum atomic E-state index is 12.9. The Bertz CT molecular complexity index is 1430. The summed E-state index contributed by atoms with van der Waals surface area (Å²) in [5.41, 5.74) is -1.96. The molecule has 2 fully saturated rings. The second kappa shape index (κ2) is 10.9. The minimum absolute atomic E-state index is 0.0189. The molecule has 0 spiro atoms. The number of aliphatic hydroxyl groups excluding tert-OH is 2. The van der Waals surface area contributed by atoms with Crippen molar-refractivity contribution in [2.75, 3.05) is 6.61 Å². The second-order valence-electron chi connectivity index (χ2n) is 8.85. The molecule has 0 aromatic carbocycles. The topological polar surface area (TPSA) is 215 Å². The molecule has 0 radical (unpaired) electrons. The van der Waals surface area contributed by atoms with Crippen LogP contribution in [0.25, 0.3) is 0 Å². The Morgan fingerprint density at radius 3 is 2.05 bits per heavy atom. The van der Waals surface area contributed by atoms with E-state index in [4.69, 9.17) is 14.0 Å². The summed E-state index contributed by atoms with van der Waals surface area (Å²) >= 11 is -1.08. The van der Waals surface area contributed by atoms with Crippen molar-refractivity contribution in [3.63, 3.8) is 0 Å². The fraction of sp³-hybridized carbons (Fsp3) is 0.600. The van der Waals surface area contributed by atoms with Gasteiger partial charge in [0, 0.05) is 0 Å². The molecular formula is C20H27N4O11PSe. The first-order chi connectivity index (χ1) is 17.4. The van der Waals surface area contributed by atoms with Gasteiger partial charge in [0.2, 0.25) is 0 Å². The van der Waals surface area contributed by atoms with Gasteiger partial charge in [-0.3, -0.25) is 0 Å². The number of aromatic nitrogens is 4. The standard InChI is InChI=1S/C20H27N4O11PSe/c1-9-5-23(19(29)21-17(9)27)15-3-11(26)14(34-15)8-37-36(31,32)35-12-4-16(33-13(12)7-25)24-6-10(2)18(28)22-20(24)30/h5-6,11-16,25-26H,3-4,7-8H2,1-2H3,(H,31,32)(H,21,27,29)(H,22,28,30)/t11-,12-,13+,14+,15+,16+/m0/s1. The van der Waals surface area contributed by atoms with Gasteiger partial charge in [0.25, 0.3) is 0 Å². The molecule has 7 atom stereocenters. The van der Waals surface area contributed by atoms with Crippen molar-refractivity contribution in [3.05, 3.63) is 65.2 Å². The first-order valence-electron chi connectivity index (χ1n) is 11.3. The Morgan fingerprint density at radius 1 is 1.00 bits per heavy atom. The number of hydrogen-bond acceptors (Lipinski definition) is 10. The van der Waals surface area contributed by atoms with Crippen LogP contribution in [0, 0.1) is 13.8 Å². The van der Waals surface area contributed by atoms with Gasteiger partial charge in [-0.15, -0.1) is 0 Å². The van der Waals surface area contributed by atoms with E-state index in [-0.39, 0.29) is 29.3 Å². The van der Waals surface area contributed by atoms with Crippen LogP contribution >= 0.6 is 6.29 Å². The van der Waals surface area contributed by atoms with Crippen molar-refractivity contribution in [1.82, 2.24) is 19.1 Å². The van der Waals surface area contributed by atoms with Crippen LogP contribution in [0.3, 0.4) is 0 Å². The second-order valence-corrected chi connectivity index (χ2v) is 15.5. The molecule has 2 aliphatic rings. The Kier molecular flexibility index (Phi) is 8.24. The number of nitrogens with zero attached hydrogens (tertiary/aromatic N) is 2. The third-order valence-electron chi connectivity index (χ3n) is 6.15. The molecule has 0 saturated carbocycles. The van der Waals surface area contributed by atoms with Crippen LogP contribution in [0.5, 0.6) is 0 Å². The monoisotopic (exact) mass is 610 g/mol. The van der Waals surface area contributed by atoms with Crippen LogP contribution < -0.4 is 22.5 Å². The van der Waals surface area contributed by atoms with Gasteiger partial charge in [0.05, 0.1) is 0 Å². The Morgan fingerprint density at radius 2 is 1.51 bits per heavy atom. The molecule has 0 amide bonds.